The number of alkyl halides is 2. The van der Waals surface area contributed by atoms with Crippen LogP contribution in [0.3, 0.4) is 0 Å². The van der Waals surface area contributed by atoms with Gasteiger partial charge in [-0.05, 0) is 63.4 Å². The van der Waals surface area contributed by atoms with Gasteiger partial charge in [0.1, 0.15) is 18.0 Å². The smallest absolute Gasteiger partial charge is 0.275 e. The number of anilines is 1. The molecule has 192 valence electrons. The van der Waals surface area contributed by atoms with Gasteiger partial charge in [0.05, 0.1) is 27.8 Å². The van der Waals surface area contributed by atoms with Crippen molar-refractivity contribution in [2.24, 2.45) is 0 Å². The zero-order valence-corrected chi connectivity index (χ0v) is 20.9. The van der Waals surface area contributed by atoms with Crippen molar-refractivity contribution < 1.29 is 23.2 Å². The normalized spacial score (nSPS) is 11.2. The van der Waals surface area contributed by atoms with Gasteiger partial charge < -0.3 is 10.1 Å². The van der Waals surface area contributed by atoms with E-state index in [1.54, 1.807) is 13.8 Å². The minimum absolute atomic E-state index is 0.141. The van der Waals surface area contributed by atoms with Crippen LogP contribution in [-0.4, -0.2) is 25.6 Å². The fourth-order valence-corrected chi connectivity index (χ4v) is 4.19. The summed E-state index contributed by atoms with van der Waals surface area (Å²) in [6, 6.07) is 9.09. The Kier molecular flexibility index (Phi) is 6.88. The number of nitrogens with one attached hydrogen (secondary N) is 1. The van der Waals surface area contributed by atoms with E-state index in [2.05, 4.69) is 15.4 Å². The highest BCUT2D eigenvalue weighted by atomic mass is 19.3. The molecule has 0 aliphatic carbocycles. The lowest BCUT2D eigenvalue weighted by molar-refractivity contribution is -0.384. The van der Waals surface area contributed by atoms with Gasteiger partial charge in [0, 0.05) is 23.4 Å². The molecule has 0 atom stereocenters. The van der Waals surface area contributed by atoms with E-state index in [1.165, 1.54) is 28.9 Å². The molecule has 0 saturated carbocycles. The van der Waals surface area contributed by atoms with Gasteiger partial charge in [-0.3, -0.25) is 14.9 Å². The standard InChI is InChI=1S/C26H25F2N5O4/c1-13-6-14(2)16(4)22(7-13)37-20-10-18(9-19(11-20)33(35)36)30-23(34)12-32-26-24(17(5)31-32)21(25(27)28)8-15(3)29-26/h6-11,25H,12H2,1-5H3,(H,30,34). The molecule has 9 nitrogen and oxygen atoms in total. The summed E-state index contributed by atoms with van der Waals surface area (Å²) in [4.78, 5) is 28.1. The number of hydrogen-bond acceptors (Lipinski definition) is 6. The first kappa shape index (κ1) is 25.7. The maximum absolute atomic E-state index is 13.6. The van der Waals surface area contributed by atoms with Crippen molar-refractivity contribution in [2.75, 3.05) is 5.32 Å². The first-order chi connectivity index (χ1) is 17.4. The van der Waals surface area contributed by atoms with Crippen molar-refractivity contribution in [3.63, 3.8) is 0 Å². The molecule has 4 rings (SSSR count). The van der Waals surface area contributed by atoms with E-state index in [0.29, 0.717) is 17.1 Å². The molecule has 0 aliphatic rings. The molecule has 0 spiro atoms. The van der Waals surface area contributed by atoms with Gasteiger partial charge >= 0.3 is 0 Å². The first-order valence-electron chi connectivity index (χ1n) is 11.4. The van der Waals surface area contributed by atoms with Crippen LogP contribution in [0.4, 0.5) is 20.2 Å². The lowest BCUT2D eigenvalue weighted by Crippen LogP contribution is -2.20. The number of nitrogens with zero attached hydrogens (tertiary/aromatic N) is 4. The predicted octanol–water partition coefficient (Wildman–Crippen LogP) is 6.25. The number of carbonyl (C=O) groups is 1. The van der Waals surface area contributed by atoms with Gasteiger partial charge in [0.25, 0.3) is 12.1 Å². The monoisotopic (exact) mass is 509 g/mol. The quantitative estimate of drug-likeness (QED) is 0.233. The largest absolute Gasteiger partial charge is 0.457 e. The van der Waals surface area contributed by atoms with Crippen LogP contribution in [0.15, 0.2) is 36.4 Å². The Hall–Kier alpha value is -4.41. The molecule has 11 heteroatoms. The number of aryl methyl sites for hydroxylation is 4. The van der Waals surface area contributed by atoms with E-state index in [-0.39, 0.29) is 40.3 Å². The van der Waals surface area contributed by atoms with Crippen LogP contribution in [0.25, 0.3) is 11.0 Å². The maximum atomic E-state index is 13.6. The third-order valence-electron chi connectivity index (χ3n) is 5.94. The SMILES string of the molecule is Cc1cc(C)c(C)c(Oc2cc(NC(=O)Cn3nc(C)c4c(C(F)F)cc(C)nc43)cc([N+](=O)[O-])c2)c1. The number of rotatable bonds is 7. The molecular formula is C26H25F2N5O4. The first-order valence-corrected chi connectivity index (χ1v) is 11.4. The molecule has 0 aliphatic heterocycles. The van der Waals surface area contributed by atoms with Crippen molar-refractivity contribution in [3.8, 4) is 11.5 Å². The number of aromatic nitrogens is 3. The van der Waals surface area contributed by atoms with Crippen molar-refractivity contribution >= 4 is 28.3 Å². The van der Waals surface area contributed by atoms with Crippen molar-refractivity contribution in [1.82, 2.24) is 14.8 Å². The molecule has 2 aromatic carbocycles. The maximum Gasteiger partial charge on any atom is 0.275 e. The number of nitro groups is 1. The average Bonchev–Trinajstić information content (AvgIpc) is 3.10. The molecule has 1 N–H and O–H groups in total. The topological polar surface area (TPSA) is 112 Å². The van der Waals surface area contributed by atoms with E-state index < -0.39 is 17.3 Å². The van der Waals surface area contributed by atoms with Gasteiger partial charge in [-0.15, -0.1) is 0 Å². The fourth-order valence-electron chi connectivity index (χ4n) is 4.19. The number of non-ortho nitro benzene ring substituents is 1. The number of pyridine rings is 1. The van der Waals surface area contributed by atoms with Gasteiger partial charge in [-0.2, -0.15) is 5.10 Å². The van der Waals surface area contributed by atoms with E-state index >= 15 is 0 Å². The second-order valence-corrected chi connectivity index (χ2v) is 8.92. The second-order valence-electron chi connectivity index (χ2n) is 8.92. The molecule has 4 aromatic rings. The number of hydrogen-bond donors (Lipinski definition) is 1. The highest BCUT2D eigenvalue weighted by Gasteiger charge is 2.21. The number of ether oxygens (including phenoxy) is 1. The summed E-state index contributed by atoms with van der Waals surface area (Å²) >= 11 is 0. The average molecular weight is 510 g/mol. The molecule has 0 radical (unpaired) electrons. The summed E-state index contributed by atoms with van der Waals surface area (Å²) in [5.74, 6) is 0.155. The molecule has 2 heterocycles. The minimum Gasteiger partial charge on any atom is -0.457 e. The van der Waals surface area contributed by atoms with Gasteiger partial charge in [0.15, 0.2) is 5.65 Å². The van der Waals surface area contributed by atoms with Crippen LogP contribution in [0.5, 0.6) is 11.5 Å². The van der Waals surface area contributed by atoms with Crippen molar-refractivity contribution in [3.05, 3.63) is 80.2 Å². The Morgan fingerprint density at radius 1 is 1.11 bits per heavy atom. The van der Waals surface area contributed by atoms with E-state index in [1.807, 2.05) is 32.9 Å². The van der Waals surface area contributed by atoms with Crippen LogP contribution >= 0.6 is 0 Å². The predicted molar refractivity (Wildman–Crippen MR) is 134 cm³/mol. The molecule has 0 bridgehead atoms. The molecule has 0 saturated heterocycles. The van der Waals surface area contributed by atoms with Crippen molar-refractivity contribution in [2.45, 2.75) is 47.6 Å². The summed E-state index contributed by atoms with van der Waals surface area (Å²) in [6.07, 6.45) is -2.72. The Morgan fingerprint density at radius 2 is 1.84 bits per heavy atom. The Bertz CT molecular complexity index is 1550. The number of nitro benzene ring substituents is 1. The number of carbonyl (C=O) groups excluding carboxylic acids is 1. The second kappa shape index (κ2) is 9.92. The number of fused-ring (bicyclic) bond motifs is 1. The number of halogens is 2. The minimum atomic E-state index is -2.72. The van der Waals surface area contributed by atoms with Gasteiger partial charge in [-0.25, -0.2) is 18.4 Å². The third kappa shape index (κ3) is 5.40. The summed E-state index contributed by atoms with van der Waals surface area (Å²) in [6.45, 7) is 8.56. The lowest BCUT2D eigenvalue weighted by Gasteiger charge is -2.13. The highest BCUT2D eigenvalue weighted by Crippen LogP contribution is 2.33. The molecular weight excluding hydrogens is 484 g/mol. The molecule has 0 unspecified atom stereocenters. The molecule has 37 heavy (non-hydrogen) atoms. The van der Waals surface area contributed by atoms with Crippen LogP contribution in [0.1, 0.15) is 40.1 Å². The fraction of sp³-hybridized carbons (Fsp3) is 0.269. The van der Waals surface area contributed by atoms with Gasteiger partial charge in [0.2, 0.25) is 5.91 Å². The summed E-state index contributed by atoms with van der Waals surface area (Å²) in [5.41, 5.74) is 3.38. The Labute approximate surface area is 211 Å². The van der Waals surface area contributed by atoms with Crippen LogP contribution < -0.4 is 10.1 Å². The van der Waals surface area contributed by atoms with Crippen molar-refractivity contribution in [1.29, 1.82) is 0 Å². The zero-order valence-electron chi connectivity index (χ0n) is 20.9. The van der Waals surface area contributed by atoms with E-state index in [4.69, 9.17) is 4.74 Å². The van der Waals surface area contributed by atoms with Crippen LogP contribution in [0, 0.1) is 44.7 Å². The lowest BCUT2D eigenvalue weighted by atomic mass is 10.1. The van der Waals surface area contributed by atoms with E-state index in [9.17, 15) is 23.7 Å². The van der Waals surface area contributed by atoms with Crippen LogP contribution in [0.2, 0.25) is 0 Å². The van der Waals surface area contributed by atoms with Gasteiger partial charge in [-0.1, -0.05) is 6.07 Å². The summed E-state index contributed by atoms with van der Waals surface area (Å²) in [7, 11) is 0. The zero-order chi connectivity index (χ0) is 27.0. The Balaban J connectivity index is 1.63. The van der Waals surface area contributed by atoms with E-state index in [0.717, 1.165) is 16.7 Å². The molecule has 1 amide bonds. The Morgan fingerprint density at radius 3 is 2.51 bits per heavy atom. The number of benzene rings is 2. The molecule has 0 fully saturated rings. The highest BCUT2D eigenvalue weighted by molar-refractivity contribution is 5.92. The van der Waals surface area contributed by atoms with Crippen LogP contribution in [-0.2, 0) is 11.3 Å². The summed E-state index contributed by atoms with van der Waals surface area (Å²) in [5, 5.41) is 18.6. The summed E-state index contributed by atoms with van der Waals surface area (Å²) < 4.78 is 34.3. The number of amides is 1. The third-order valence-corrected chi connectivity index (χ3v) is 5.94. The molecule has 2 aromatic heterocycles.